The molecule has 0 aromatic heterocycles. The van der Waals surface area contributed by atoms with Crippen LogP contribution < -0.4 is 9.64 Å². The Labute approximate surface area is 287 Å². The quantitative estimate of drug-likeness (QED) is 0.132. The molecule has 1 fully saturated rings. The van der Waals surface area contributed by atoms with Crippen LogP contribution in [0.25, 0.3) is 0 Å². The van der Waals surface area contributed by atoms with Crippen LogP contribution in [0.5, 0.6) is 11.5 Å². The van der Waals surface area contributed by atoms with Crippen molar-refractivity contribution < 1.29 is 33.8 Å². The Kier molecular flexibility index (Phi) is 7.75. The van der Waals surface area contributed by atoms with Gasteiger partial charge >= 0.3 is 0 Å². The lowest BCUT2D eigenvalue weighted by molar-refractivity contribution is -0.123. The Morgan fingerprint density at radius 3 is 2.28 bits per heavy atom. The molecule has 3 aromatic carbocycles. The predicted octanol–water partition coefficient (Wildman–Crippen LogP) is 6.79. The van der Waals surface area contributed by atoms with Crippen molar-refractivity contribution in [3.63, 3.8) is 0 Å². The van der Waals surface area contributed by atoms with Gasteiger partial charge in [0.05, 0.1) is 29.1 Å². The zero-order valence-electron chi connectivity index (χ0n) is 25.3. The average Bonchev–Trinajstić information content (AvgIpc) is 3.34. The molecule has 7 rings (SSSR count). The summed E-state index contributed by atoms with van der Waals surface area (Å²) in [4.78, 5) is 69.6. The highest BCUT2D eigenvalue weighted by atomic mass is 79.9. The molecule has 10 heteroatoms. The molecule has 47 heavy (non-hydrogen) atoms. The average molecular weight is 757 g/mol. The molecule has 1 aliphatic heterocycles. The normalized spacial score (nSPS) is 23.6. The third kappa shape index (κ3) is 4.80. The molecule has 4 atom stereocenters. The van der Waals surface area contributed by atoms with Crippen LogP contribution in [0.4, 0.5) is 5.69 Å². The molecule has 0 saturated carbocycles. The number of methoxy groups -OCH3 is 1. The van der Waals surface area contributed by atoms with Gasteiger partial charge in [0.15, 0.2) is 28.8 Å². The molecule has 236 valence electrons. The van der Waals surface area contributed by atoms with Crippen molar-refractivity contribution >= 4 is 66.7 Å². The van der Waals surface area contributed by atoms with E-state index in [-0.39, 0.29) is 53.5 Å². The highest BCUT2D eigenvalue weighted by molar-refractivity contribution is 9.13. The maximum absolute atomic E-state index is 14.3. The minimum atomic E-state index is -0.764. The summed E-state index contributed by atoms with van der Waals surface area (Å²) < 4.78 is 6.23. The number of ketones is 3. The van der Waals surface area contributed by atoms with Crippen molar-refractivity contribution in [1.29, 1.82) is 0 Å². The first-order valence-electron chi connectivity index (χ1n) is 15.1. The molecule has 8 nitrogen and oxygen atoms in total. The number of aromatic hydroxyl groups is 1. The number of amides is 2. The lowest BCUT2D eigenvalue weighted by Gasteiger charge is -2.42. The second-order valence-corrected chi connectivity index (χ2v) is 13.7. The molecule has 3 aromatic rings. The maximum atomic E-state index is 14.3. The number of carbonyl (C=O) groups is 5. The maximum Gasteiger partial charge on any atom is 0.238 e. The molecule has 0 bridgehead atoms. The topological polar surface area (TPSA) is 118 Å². The number of fused-ring (bicyclic) bond motifs is 3. The Morgan fingerprint density at radius 2 is 1.60 bits per heavy atom. The predicted molar refractivity (Wildman–Crippen MR) is 180 cm³/mol. The highest BCUT2D eigenvalue weighted by Crippen LogP contribution is 2.57. The molecule has 0 spiro atoms. The fraction of sp³-hybridized carbons (Fsp3) is 0.216. The van der Waals surface area contributed by atoms with Gasteiger partial charge in [-0.3, -0.25) is 28.9 Å². The van der Waals surface area contributed by atoms with Gasteiger partial charge in [0.25, 0.3) is 0 Å². The van der Waals surface area contributed by atoms with Crippen LogP contribution >= 0.6 is 31.9 Å². The van der Waals surface area contributed by atoms with E-state index in [4.69, 9.17) is 4.74 Å². The van der Waals surface area contributed by atoms with E-state index in [2.05, 4.69) is 31.9 Å². The van der Waals surface area contributed by atoms with Crippen molar-refractivity contribution in [2.75, 3.05) is 12.0 Å². The molecule has 1 N–H and O–H groups in total. The number of benzene rings is 3. The molecule has 1 heterocycles. The fourth-order valence-electron chi connectivity index (χ4n) is 7.49. The van der Waals surface area contributed by atoms with E-state index in [0.29, 0.717) is 48.0 Å². The minimum absolute atomic E-state index is 0.132. The molecule has 1 saturated heterocycles. The van der Waals surface area contributed by atoms with Crippen molar-refractivity contribution in [2.45, 2.75) is 25.7 Å². The minimum Gasteiger partial charge on any atom is -0.503 e. The summed E-state index contributed by atoms with van der Waals surface area (Å²) in [6.45, 7) is 1.60. The number of nitrogens with zero attached hydrogens (tertiary/aromatic N) is 1. The number of phenols is 1. The van der Waals surface area contributed by atoms with Gasteiger partial charge in [0.2, 0.25) is 11.8 Å². The van der Waals surface area contributed by atoms with E-state index in [1.807, 2.05) is 12.1 Å². The van der Waals surface area contributed by atoms with E-state index in [1.165, 1.54) is 18.1 Å². The van der Waals surface area contributed by atoms with Crippen molar-refractivity contribution in [3.8, 4) is 11.5 Å². The highest BCUT2D eigenvalue weighted by Gasteiger charge is 2.57. The molecule has 3 aliphatic carbocycles. The Morgan fingerprint density at radius 1 is 0.915 bits per heavy atom. The number of hydrogen-bond acceptors (Lipinski definition) is 7. The number of Topliss-reactive ketones (excluding diaryl/α,β-unsaturated/α-hetero) is 1. The van der Waals surface area contributed by atoms with E-state index in [9.17, 15) is 29.1 Å². The monoisotopic (exact) mass is 755 g/mol. The van der Waals surface area contributed by atoms with Crippen LogP contribution in [0.1, 0.15) is 47.2 Å². The molecule has 0 radical (unpaired) electrons. The van der Waals surface area contributed by atoms with Crippen molar-refractivity contribution in [2.24, 2.45) is 17.8 Å². The van der Waals surface area contributed by atoms with E-state index < -0.39 is 23.7 Å². The van der Waals surface area contributed by atoms with Crippen molar-refractivity contribution in [1.82, 2.24) is 0 Å². The lowest BCUT2D eigenvalue weighted by atomic mass is 9.59. The summed E-state index contributed by atoms with van der Waals surface area (Å²) in [7, 11) is 1.42. The molecule has 4 unspecified atom stereocenters. The van der Waals surface area contributed by atoms with Gasteiger partial charge in [-0.15, -0.1) is 0 Å². The van der Waals surface area contributed by atoms with Gasteiger partial charge in [-0.25, -0.2) is 0 Å². The van der Waals surface area contributed by atoms with Gasteiger partial charge in [-0.2, -0.15) is 0 Å². The SMILES string of the molecule is COc1cc(C2C3=CCC4C(=O)N(c5ccc(C(=O)c6ccccc6)cc5)C(=O)C4C3CC3=C2C(=O)C=C(C)C3=O)c(Br)c(Br)c1O. The summed E-state index contributed by atoms with van der Waals surface area (Å²) >= 11 is 7.00. The van der Waals surface area contributed by atoms with Gasteiger partial charge in [-0.05, 0) is 99.5 Å². The first-order chi connectivity index (χ1) is 22.5. The standard InChI is InChI=1S/C37H27Br2NO7/c1-17-14-26(41)30-25(33(17)42)15-23-21(28(30)24-16-27(47-2)35(44)32(39)31(24)38)12-13-22-29(23)37(46)40(36(22)45)20-10-8-19(9-11-20)34(43)18-6-4-3-5-7-18/h3-12,14,16,22-23,28-29,44H,13,15H2,1-2H3. The van der Waals surface area contributed by atoms with Crippen LogP contribution in [0, 0.1) is 17.8 Å². The number of halogens is 2. The molecular formula is C37H27Br2NO7. The number of anilines is 1. The summed E-state index contributed by atoms with van der Waals surface area (Å²) in [5, 5.41) is 10.7. The number of imide groups is 1. The number of phenolic OH excluding ortho intramolecular Hbond substituents is 1. The number of rotatable bonds is 5. The summed E-state index contributed by atoms with van der Waals surface area (Å²) in [5.74, 6) is -4.10. The smallest absolute Gasteiger partial charge is 0.238 e. The molecular weight excluding hydrogens is 730 g/mol. The van der Waals surface area contributed by atoms with Gasteiger partial charge in [-0.1, -0.05) is 42.0 Å². The Hall–Kier alpha value is -4.41. The fourth-order valence-corrected chi connectivity index (χ4v) is 8.44. The summed E-state index contributed by atoms with van der Waals surface area (Å²) in [5.41, 5.74) is 3.65. The van der Waals surface area contributed by atoms with Crippen LogP contribution in [-0.2, 0) is 19.2 Å². The van der Waals surface area contributed by atoms with E-state index in [1.54, 1.807) is 61.5 Å². The van der Waals surface area contributed by atoms with Crippen LogP contribution in [0.2, 0.25) is 0 Å². The Balaban J connectivity index is 1.29. The van der Waals surface area contributed by atoms with Crippen molar-refractivity contribution in [3.05, 3.63) is 121 Å². The third-order valence-corrected chi connectivity index (χ3v) is 11.8. The van der Waals surface area contributed by atoms with Crippen LogP contribution in [0.3, 0.4) is 0 Å². The van der Waals surface area contributed by atoms with Gasteiger partial charge in [0.1, 0.15) is 0 Å². The van der Waals surface area contributed by atoms with Gasteiger partial charge < -0.3 is 9.84 Å². The third-order valence-electron chi connectivity index (χ3n) is 9.69. The Bertz CT molecular complexity index is 2030. The first-order valence-corrected chi connectivity index (χ1v) is 16.6. The van der Waals surface area contributed by atoms with Gasteiger partial charge in [0, 0.05) is 38.2 Å². The number of carbonyl (C=O) groups excluding carboxylic acids is 5. The zero-order chi connectivity index (χ0) is 33.3. The number of allylic oxidation sites excluding steroid dienone is 6. The summed E-state index contributed by atoms with van der Waals surface area (Å²) in [6.07, 6.45) is 3.69. The van der Waals surface area contributed by atoms with Crippen LogP contribution in [0.15, 0.2) is 104 Å². The van der Waals surface area contributed by atoms with Crippen LogP contribution in [-0.4, -0.2) is 41.4 Å². The number of hydrogen-bond donors (Lipinski definition) is 1. The second-order valence-electron chi connectivity index (χ2n) is 12.1. The first kappa shape index (κ1) is 31.2. The summed E-state index contributed by atoms with van der Waals surface area (Å²) in [6, 6.07) is 16.9. The zero-order valence-corrected chi connectivity index (χ0v) is 28.4. The second kappa shape index (κ2) is 11.7. The van der Waals surface area contributed by atoms with E-state index in [0.717, 1.165) is 5.57 Å². The van der Waals surface area contributed by atoms with E-state index >= 15 is 0 Å². The number of ether oxygens (including phenoxy) is 1. The lowest BCUT2D eigenvalue weighted by Crippen LogP contribution is -2.40. The molecule has 4 aliphatic rings. The largest absolute Gasteiger partial charge is 0.503 e. The molecule has 2 amide bonds.